The van der Waals surface area contributed by atoms with Gasteiger partial charge in [-0.25, -0.2) is 4.79 Å². The minimum atomic E-state index is -1.43. The summed E-state index contributed by atoms with van der Waals surface area (Å²) in [5, 5.41) is 0. The summed E-state index contributed by atoms with van der Waals surface area (Å²) in [7, 11) is -0.114. The molecule has 0 aliphatic heterocycles. The van der Waals surface area contributed by atoms with E-state index in [9.17, 15) is 4.79 Å². The lowest BCUT2D eigenvalue weighted by Crippen LogP contribution is -2.27. The Balaban J connectivity index is 3.06. The minimum Gasteiger partial charge on any atom is -0.467 e. The molecule has 9 heteroatoms. The van der Waals surface area contributed by atoms with Gasteiger partial charge in [-0.3, -0.25) is 0 Å². The Morgan fingerprint density at radius 1 is 0.640 bits per heavy atom. The highest BCUT2D eigenvalue weighted by Crippen LogP contribution is 2.01. The number of esters is 1. The fourth-order valence-corrected chi connectivity index (χ4v) is 2.20. The molecule has 0 aromatic rings. The fraction of sp³-hybridized carbons (Fsp3) is 0.938. The Morgan fingerprint density at radius 2 is 1.00 bits per heavy atom. The second-order valence-corrected chi connectivity index (χ2v) is 10.6. The van der Waals surface area contributed by atoms with E-state index >= 15 is 0 Å². The number of hydrogen-bond acceptors (Lipinski definition) is 8. The van der Waals surface area contributed by atoms with Gasteiger partial charge in [0.15, 0.2) is 8.32 Å². The largest absolute Gasteiger partial charge is 0.467 e. The molecule has 0 aromatic heterocycles. The number of carbonyl (C=O) groups excluding carboxylic acids is 1. The molecule has 0 fully saturated rings. The first-order valence-electron chi connectivity index (χ1n) is 8.55. The molecule has 0 saturated carbocycles. The van der Waals surface area contributed by atoms with Crippen LogP contribution in [0.2, 0.25) is 19.6 Å². The molecule has 0 saturated heterocycles. The molecule has 0 N–H and O–H groups in total. The van der Waals surface area contributed by atoms with Gasteiger partial charge in [0.2, 0.25) is 0 Å². The van der Waals surface area contributed by atoms with Crippen molar-refractivity contribution in [1.82, 2.24) is 0 Å². The van der Waals surface area contributed by atoms with Crippen molar-refractivity contribution in [1.29, 1.82) is 0 Å². The van der Waals surface area contributed by atoms with Gasteiger partial charge in [0.1, 0.15) is 6.61 Å². The van der Waals surface area contributed by atoms with E-state index in [0.717, 1.165) is 0 Å². The van der Waals surface area contributed by atoms with Crippen LogP contribution in [-0.2, 0) is 37.6 Å². The van der Waals surface area contributed by atoms with Crippen LogP contribution in [0.4, 0.5) is 0 Å². The van der Waals surface area contributed by atoms with Gasteiger partial charge < -0.3 is 32.8 Å². The normalized spacial score (nSPS) is 11.7. The first-order chi connectivity index (χ1) is 12.0. The van der Waals surface area contributed by atoms with Crippen molar-refractivity contribution in [2.75, 3.05) is 79.8 Å². The summed E-state index contributed by atoms with van der Waals surface area (Å²) in [6.45, 7) is 11.5. The Hall–Kier alpha value is -0.553. The second-order valence-electron chi connectivity index (χ2n) is 6.04. The third kappa shape index (κ3) is 21.4. The highest BCUT2D eigenvalue weighted by atomic mass is 28.4. The molecule has 0 rings (SSSR count). The van der Waals surface area contributed by atoms with Gasteiger partial charge in [-0.2, -0.15) is 0 Å². The summed E-state index contributed by atoms with van der Waals surface area (Å²) < 4.78 is 36.6. The predicted molar refractivity (Wildman–Crippen MR) is 95.4 cm³/mol. The second kappa shape index (κ2) is 16.9. The van der Waals surface area contributed by atoms with Crippen LogP contribution in [-0.4, -0.2) is 94.1 Å². The van der Waals surface area contributed by atoms with Crippen LogP contribution in [0.25, 0.3) is 0 Å². The molecule has 0 aromatic carbocycles. The molecule has 150 valence electrons. The van der Waals surface area contributed by atoms with E-state index in [-0.39, 0.29) is 6.61 Å². The van der Waals surface area contributed by atoms with Crippen molar-refractivity contribution < 1.29 is 37.6 Å². The van der Waals surface area contributed by atoms with Gasteiger partial charge in [-0.1, -0.05) is 0 Å². The van der Waals surface area contributed by atoms with Gasteiger partial charge in [-0.05, 0) is 19.6 Å². The Labute approximate surface area is 152 Å². The summed E-state index contributed by atoms with van der Waals surface area (Å²) >= 11 is 0. The average Bonchev–Trinajstić information content (AvgIpc) is 2.56. The van der Waals surface area contributed by atoms with Crippen LogP contribution in [0.3, 0.4) is 0 Å². The SMILES string of the molecule is COC(=O)COCCOCCOCCOCCOCCO[Si](C)(C)C. The molecule has 0 atom stereocenters. The van der Waals surface area contributed by atoms with Crippen LogP contribution in [0.5, 0.6) is 0 Å². The van der Waals surface area contributed by atoms with E-state index in [2.05, 4.69) is 24.4 Å². The van der Waals surface area contributed by atoms with E-state index in [0.29, 0.717) is 66.1 Å². The van der Waals surface area contributed by atoms with Gasteiger partial charge in [0.05, 0.1) is 73.2 Å². The number of ether oxygens (including phenoxy) is 6. The van der Waals surface area contributed by atoms with E-state index in [1.54, 1.807) is 0 Å². The van der Waals surface area contributed by atoms with Gasteiger partial charge >= 0.3 is 5.97 Å². The first kappa shape index (κ1) is 24.4. The Bertz CT molecular complexity index is 309. The third-order valence-electron chi connectivity index (χ3n) is 2.70. The maximum absolute atomic E-state index is 10.8. The van der Waals surface area contributed by atoms with Crippen molar-refractivity contribution in [3.8, 4) is 0 Å². The Morgan fingerprint density at radius 3 is 1.36 bits per heavy atom. The zero-order chi connectivity index (χ0) is 18.8. The van der Waals surface area contributed by atoms with Crippen LogP contribution in [0, 0.1) is 0 Å². The number of hydrogen-bond donors (Lipinski definition) is 0. The van der Waals surface area contributed by atoms with Gasteiger partial charge in [0, 0.05) is 0 Å². The quantitative estimate of drug-likeness (QED) is 0.198. The maximum atomic E-state index is 10.8. The standard InChI is InChI=1S/C16H34O8Si/c1-18-16(17)15-23-12-11-21-8-7-19-5-6-20-9-10-22-13-14-24-25(2,3)4/h5-15H2,1-4H3. The molecule has 0 radical (unpaired) electrons. The lowest BCUT2D eigenvalue weighted by Gasteiger charge is -2.16. The van der Waals surface area contributed by atoms with E-state index < -0.39 is 14.3 Å². The number of methoxy groups -OCH3 is 1. The summed E-state index contributed by atoms with van der Waals surface area (Å²) in [4.78, 5) is 10.8. The molecule has 0 spiro atoms. The lowest BCUT2D eigenvalue weighted by atomic mass is 10.6. The summed E-state index contributed by atoms with van der Waals surface area (Å²) in [5.74, 6) is -0.395. The van der Waals surface area contributed by atoms with Crippen LogP contribution >= 0.6 is 0 Å². The number of rotatable bonds is 18. The van der Waals surface area contributed by atoms with Crippen molar-refractivity contribution in [3.05, 3.63) is 0 Å². The maximum Gasteiger partial charge on any atom is 0.331 e. The average molecular weight is 383 g/mol. The lowest BCUT2D eigenvalue weighted by molar-refractivity contribution is -0.146. The topological polar surface area (TPSA) is 81.7 Å². The fourth-order valence-electron chi connectivity index (χ4n) is 1.50. The van der Waals surface area contributed by atoms with Crippen LogP contribution in [0.1, 0.15) is 0 Å². The van der Waals surface area contributed by atoms with Crippen molar-refractivity contribution in [3.63, 3.8) is 0 Å². The highest BCUT2D eigenvalue weighted by Gasteiger charge is 2.12. The molecular formula is C16H34O8Si. The summed E-state index contributed by atoms with van der Waals surface area (Å²) in [6, 6.07) is 0. The van der Waals surface area contributed by atoms with Crippen molar-refractivity contribution in [2.24, 2.45) is 0 Å². The van der Waals surface area contributed by atoms with Gasteiger partial charge in [-0.15, -0.1) is 0 Å². The number of carbonyl (C=O) groups is 1. The van der Waals surface area contributed by atoms with Crippen molar-refractivity contribution in [2.45, 2.75) is 19.6 Å². The van der Waals surface area contributed by atoms with E-state index in [1.807, 2.05) is 0 Å². The third-order valence-corrected chi connectivity index (χ3v) is 3.77. The minimum absolute atomic E-state index is 0.0528. The zero-order valence-electron chi connectivity index (χ0n) is 16.0. The first-order valence-corrected chi connectivity index (χ1v) is 12.0. The molecular weight excluding hydrogens is 348 g/mol. The summed E-state index contributed by atoms with van der Waals surface area (Å²) in [5.41, 5.74) is 0. The molecule has 0 unspecified atom stereocenters. The zero-order valence-corrected chi connectivity index (χ0v) is 17.0. The monoisotopic (exact) mass is 382 g/mol. The van der Waals surface area contributed by atoms with Crippen LogP contribution in [0.15, 0.2) is 0 Å². The van der Waals surface area contributed by atoms with Gasteiger partial charge in [0.25, 0.3) is 0 Å². The molecule has 0 heterocycles. The summed E-state index contributed by atoms with van der Waals surface area (Å²) in [6.07, 6.45) is 0. The van der Waals surface area contributed by atoms with E-state index in [1.165, 1.54) is 7.11 Å². The Kier molecular flexibility index (Phi) is 16.5. The molecule has 0 amide bonds. The highest BCUT2D eigenvalue weighted by molar-refractivity contribution is 6.69. The molecule has 0 bridgehead atoms. The van der Waals surface area contributed by atoms with Crippen molar-refractivity contribution >= 4 is 14.3 Å². The molecule has 8 nitrogen and oxygen atoms in total. The molecule has 0 aliphatic carbocycles. The smallest absolute Gasteiger partial charge is 0.331 e. The van der Waals surface area contributed by atoms with E-state index in [4.69, 9.17) is 28.1 Å². The predicted octanol–water partition coefficient (Wildman–Crippen LogP) is 1.09. The van der Waals surface area contributed by atoms with Crippen LogP contribution < -0.4 is 0 Å². The molecule has 25 heavy (non-hydrogen) atoms. The molecule has 0 aliphatic rings.